The quantitative estimate of drug-likeness (QED) is 0.830. The minimum atomic E-state index is -4.35. The van der Waals surface area contributed by atoms with Gasteiger partial charge in [0.05, 0.1) is 17.5 Å². The van der Waals surface area contributed by atoms with Gasteiger partial charge in [-0.3, -0.25) is 9.88 Å². The summed E-state index contributed by atoms with van der Waals surface area (Å²) in [6.45, 7) is 3.24. The van der Waals surface area contributed by atoms with E-state index in [2.05, 4.69) is 9.88 Å². The van der Waals surface area contributed by atoms with Crippen LogP contribution in [0.3, 0.4) is 0 Å². The maximum Gasteiger partial charge on any atom is 0.416 e. The van der Waals surface area contributed by atoms with Crippen molar-refractivity contribution in [3.05, 3.63) is 48.2 Å². The Bertz CT molecular complexity index is 737. The molecule has 3 aliphatic heterocycles. The highest BCUT2D eigenvalue weighted by Crippen LogP contribution is 2.33. The number of rotatable bonds is 3. The van der Waals surface area contributed by atoms with E-state index in [-0.39, 0.29) is 6.10 Å². The van der Waals surface area contributed by atoms with Gasteiger partial charge in [0.15, 0.2) is 0 Å². The first kappa shape index (κ1) is 16.4. The number of aromatic nitrogens is 1. The Morgan fingerprint density at radius 3 is 2.48 bits per heavy atom. The van der Waals surface area contributed by atoms with Gasteiger partial charge in [-0.1, -0.05) is 12.1 Å². The molecule has 5 rings (SSSR count). The van der Waals surface area contributed by atoms with E-state index in [1.807, 2.05) is 0 Å². The number of hydrogen-bond donors (Lipinski definition) is 0. The largest absolute Gasteiger partial charge is 0.487 e. The highest BCUT2D eigenvalue weighted by atomic mass is 19.4. The monoisotopic (exact) mass is 348 g/mol. The molecule has 1 unspecified atom stereocenters. The van der Waals surface area contributed by atoms with E-state index >= 15 is 0 Å². The minimum absolute atomic E-state index is 0.184. The van der Waals surface area contributed by atoms with Gasteiger partial charge >= 0.3 is 6.18 Å². The SMILES string of the molecule is FC(F)(F)c1cccc(-c2ccc(OC3CN4CCC3CC4)cn2)c1. The molecule has 0 spiro atoms. The highest BCUT2D eigenvalue weighted by molar-refractivity contribution is 5.60. The maximum absolute atomic E-state index is 12.8. The third kappa shape index (κ3) is 3.49. The summed E-state index contributed by atoms with van der Waals surface area (Å²) >= 11 is 0. The first-order valence-corrected chi connectivity index (χ1v) is 8.52. The topological polar surface area (TPSA) is 25.4 Å². The van der Waals surface area contributed by atoms with Crippen molar-refractivity contribution in [1.29, 1.82) is 0 Å². The van der Waals surface area contributed by atoms with Gasteiger partial charge in [0.25, 0.3) is 0 Å². The van der Waals surface area contributed by atoms with Crippen molar-refractivity contribution in [1.82, 2.24) is 9.88 Å². The molecule has 2 aromatic rings. The Hall–Kier alpha value is -2.08. The average Bonchev–Trinajstić information content (AvgIpc) is 2.63. The van der Waals surface area contributed by atoms with E-state index in [9.17, 15) is 13.2 Å². The lowest BCUT2D eigenvalue weighted by atomic mass is 9.86. The number of fused-ring (bicyclic) bond motifs is 3. The summed E-state index contributed by atoms with van der Waals surface area (Å²) in [5.41, 5.74) is 0.288. The van der Waals surface area contributed by atoms with Crippen molar-refractivity contribution in [2.24, 2.45) is 5.92 Å². The normalized spacial score (nSPS) is 25.8. The highest BCUT2D eigenvalue weighted by Gasteiger charge is 2.35. The van der Waals surface area contributed by atoms with Crippen LogP contribution >= 0.6 is 0 Å². The molecule has 3 nitrogen and oxygen atoms in total. The van der Waals surface area contributed by atoms with Crippen molar-refractivity contribution in [3.8, 4) is 17.0 Å². The van der Waals surface area contributed by atoms with Crippen molar-refractivity contribution >= 4 is 0 Å². The number of ether oxygens (including phenoxy) is 1. The Balaban J connectivity index is 1.49. The summed E-state index contributed by atoms with van der Waals surface area (Å²) in [5.74, 6) is 1.27. The molecular weight excluding hydrogens is 329 g/mol. The molecule has 6 heteroatoms. The molecule has 0 aliphatic carbocycles. The first-order valence-electron chi connectivity index (χ1n) is 8.52. The molecule has 2 bridgehead atoms. The smallest absolute Gasteiger partial charge is 0.416 e. The lowest BCUT2D eigenvalue weighted by Crippen LogP contribution is -2.52. The molecule has 3 aliphatic rings. The number of halogens is 3. The van der Waals surface area contributed by atoms with Crippen LogP contribution in [0, 0.1) is 5.92 Å². The molecule has 0 amide bonds. The number of benzene rings is 1. The summed E-state index contributed by atoms with van der Waals surface area (Å²) in [5, 5.41) is 0. The van der Waals surface area contributed by atoms with Crippen LogP contribution in [0.15, 0.2) is 42.6 Å². The molecule has 3 fully saturated rings. The predicted octanol–water partition coefficient (Wildman–Crippen LogP) is 4.24. The summed E-state index contributed by atoms with van der Waals surface area (Å²) < 4.78 is 44.6. The van der Waals surface area contributed by atoms with E-state index in [0.717, 1.165) is 31.8 Å². The van der Waals surface area contributed by atoms with Crippen LogP contribution in [-0.2, 0) is 6.18 Å². The molecule has 1 atom stereocenters. The predicted molar refractivity (Wildman–Crippen MR) is 88.3 cm³/mol. The summed E-state index contributed by atoms with van der Waals surface area (Å²) in [4.78, 5) is 6.71. The fraction of sp³-hybridized carbons (Fsp3) is 0.421. The third-order valence-corrected chi connectivity index (χ3v) is 5.11. The number of piperidine rings is 3. The molecule has 132 valence electrons. The van der Waals surface area contributed by atoms with Gasteiger partial charge in [-0.25, -0.2) is 0 Å². The average molecular weight is 348 g/mol. The van der Waals surface area contributed by atoms with Crippen LogP contribution in [-0.4, -0.2) is 35.6 Å². The third-order valence-electron chi connectivity index (χ3n) is 5.11. The van der Waals surface area contributed by atoms with Crippen LogP contribution in [0.5, 0.6) is 5.75 Å². The van der Waals surface area contributed by atoms with Crippen LogP contribution < -0.4 is 4.74 Å². The van der Waals surface area contributed by atoms with Gasteiger partial charge in [0.2, 0.25) is 0 Å². The molecule has 0 saturated carbocycles. The Kier molecular flexibility index (Phi) is 4.15. The zero-order valence-electron chi connectivity index (χ0n) is 13.7. The first-order chi connectivity index (χ1) is 12.0. The van der Waals surface area contributed by atoms with Crippen LogP contribution in [0.1, 0.15) is 18.4 Å². The van der Waals surface area contributed by atoms with Crippen LogP contribution in [0.25, 0.3) is 11.3 Å². The van der Waals surface area contributed by atoms with Crippen molar-refractivity contribution in [2.45, 2.75) is 25.1 Å². The van der Waals surface area contributed by atoms with Crippen LogP contribution in [0.4, 0.5) is 13.2 Å². The lowest BCUT2D eigenvalue weighted by Gasteiger charge is -2.44. The zero-order chi connectivity index (χ0) is 17.4. The minimum Gasteiger partial charge on any atom is -0.487 e. The van der Waals surface area contributed by atoms with Gasteiger partial charge < -0.3 is 4.74 Å². The van der Waals surface area contributed by atoms with E-state index < -0.39 is 11.7 Å². The molecule has 1 aromatic heterocycles. The fourth-order valence-electron chi connectivity index (χ4n) is 3.69. The van der Waals surface area contributed by atoms with E-state index in [0.29, 0.717) is 22.9 Å². The lowest BCUT2D eigenvalue weighted by molar-refractivity contribution is -0.137. The number of nitrogens with zero attached hydrogens (tertiary/aromatic N) is 2. The Labute approximate surface area is 144 Å². The molecule has 1 aromatic carbocycles. The molecule has 4 heterocycles. The van der Waals surface area contributed by atoms with E-state index in [4.69, 9.17) is 4.74 Å². The van der Waals surface area contributed by atoms with E-state index in [1.54, 1.807) is 24.4 Å². The molecule has 25 heavy (non-hydrogen) atoms. The standard InChI is InChI=1S/C19H19F3N2O/c20-19(21,22)15-3-1-2-14(10-15)17-5-4-16(11-23-17)25-18-12-24-8-6-13(18)7-9-24/h1-5,10-11,13,18H,6-9,12H2. The molecular formula is C19H19F3N2O. The zero-order valence-corrected chi connectivity index (χ0v) is 13.7. The molecule has 0 radical (unpaired) electrons. The Morgan fingerprint density at radius 2 is 1.88 bits per heavy atom. The van der Waals surface area contributed by atoms with Gasteiger partial charge in [-0.2, -0.15) is 13.2 Å². The second-order valence-electron chi connectivity index (χ2n) is 6.75. The van der Waals surface area contributed by atoms with Gasteiger partial charge in [-0.15, -0.1) is 0 Å². The van der Waals surface area contributed by atoms with Crippen molar-refractivity contribution < 1.29 is 17.9 Å². The van der Waals surface area contributed by atoms with Gasteiger partial charge in [-0.05, 0) is 56.1 Å². The van der Waals surface area contributed by atoms with Crippen molar-refractivity contribution in [3.63, 3.8) is 0 Å². The summed E-state index contributed by atoms with van der Waals surface area (Å²) in [7, 11) is 0. The molecule has 0 N–H and O–H groups in total. The maximum atomic E-state index is 12.8. The summed E-state index contributed by atoms with van der Waals surface area (Å²) in [6.07, 6.45) is -0.230. The number of pyridine rings is 1. The van der Waals surface area contributed by atoms with Crippen LogP contribution in [0.2, 0.25) is 0 Å². The fourth-order valence-corrected chi connectivity index (χ4v) is 3.69. The number of alkyl halides is 3. The Morgan fingerprint density at radius 1 is 1.08 bits per heavy atom. The van der Waals surface area contributed by atoms with Gasteiger partial charge in [0, 0.05) is 12.1 Å². The second-order valence-corrected chi connectivity index (χ2v) is 6.75. The van der Waals surface area contributed by atoms with E-state index in [1.165, 1.54) is 18.9 Å². The molecule has 3 saturated heterocycles. The van der Waals surface area contributed by atoms with Crippen molar-refractivity contribution in [2.75, 3.05) is 19.6 Å². The number of hydrogen-bond acceptors (Lipinski definition) is 3. The van der Waals surface area contributed by atoms with Gasteiger partial charge in [0.1, 0.15) is 11.9 Å². The second kappa shape index (κ2) is 6.33. The summed E-state index contributed by atoms with van der Waals surface area (Å²) in [6, 6.07) is 8.72.